The first kappa shape index (κ1) is 15.4. The van der Waals surface area contributed by atoms with E-state index in [4.69, 9.17) is 10.5 Å². The van der Waals surface area contributed by atoms with Crippen molar-refractivity contribution in [2.24, 2.45) is 5.73 Å². The normalized spacial score (nSPS) is 16.3. The molecule has 1 aliphatic rings. The van der Waals surface area contributed by atoms with Crippen LogP contribution in [0.2, 0.25) is 0 Å². The Morgan fingerprint density at radius 2 is 2.22 bits per heavy atom. The van der Waals surface area contributed by atoms with Crippen LogP contribution < -0.4 is 15.8 Å². The van der Waals surface area contributed by atoms with Gasteiger partial charge < -0.3 is 15.8 Å². The molecule has 3 rings (SSSR count). The fourth-order valence-electron chi connectivity index (χ4n) is 2.63. The van der Waals surface area contributed by atoms with E-state index >= 15 is 0 Å². The number of nitrogens with zero attached hydrogens (tertiary/aromatic N) is 2. The van der Waals surface area contributed by atoms with E-state index in [2.05, 4.69) is 32.3 Å². The lowest BCUT2D eigenvalue weighted by molar-refractivity contribution is 0.393. The summed E-state index contributed by atoms with van der Waals surface area (Å²) in [5, 5.41) is 12.7. The number of nitriles is 1. The smallest absolute Gasteiger partial charge is 0.205 e. The second-order valence-electron chi connectivity index (χ2n) is 5.11. The van der Waals surface area contributed by atoms with Gasteiger partial charge in [-0.1, -0.05) is 6.07 Å². The summed E-state index contributed by atoms with van der Waals surface area (Å²) >= 11 is 3.37. The molecule has 0 radical (unpaired) electrons. The Morgan fingerprint density at radius 1 is 1.39 bits per heavy atom. The number of rotatable bonds is 3. The Bertz CT molecular complexity index is 808. The number of halogens is 1. The first-order chi connectivity index (χ1) is 11.1. The lowest BCUT2D eigenvalue weighted by Gasteiger charge is -2.26. The Balaban J connectivity index is 2.13. The van der Waals surface area contributed by atoms with E-state index in [-0.39, 0.29) is 11.8 Å². The highest BCUT2D eigenvalue weighted by Gasteiger charge is 2.31. The summed E-state index contributed by atoms with van der Waals surface area (Å²) in [4.78, 5) is 4.43. The number of nitrogens with two attached hydrogens (primary N) is 1. The molecule has 0 saturated carbocycles. The molecule has 1 atom stereocenters. The third kappa shape index (κ3) is 2.88. The van der Waals surface area contributed by atoms with Gasteiger partial charge in [-0.15, -0.1) is 0 Å². The predicted octanol–water partition coefficient (Wildman–Crippen LogP) is 3.49. The Kier molecular flexibility index (Phi) is 4.22. The van der Waals surface area contributed by atoms with E-state index in [1.807, 2.05) is 37.3 Å². The molecule has 1 aliphatic heterocycles. The third-order valence-corrected chi connectivity index (χ3v) is 4.12. The molecule has 1 aromatic carbocycles. The van der Waals surface area contributed by atoms with Gasteiger partial charge in [0.05, 0.1) is 11.6 Å². The number of allylic oxidation sites excluding steroid dienone is 1. The highest BCUT2D eigenvalue weighted by molar-refractivity contribution is 9.10. The van der Waals surface area contributed by atoms with Crippen molar-refractivity contribution in [1.29, 1.82) is 5.26 Å². The van der Waals surface area contributed by atoms with Gasteiger partial charge in [-0.25, -0.2) is 0 Å². The van der Waals surface area contributed by atoms with E-state index in [1.54, 1.807) is 6.20 Å². The molecule has 6 heteroatoms. The molecule has 0 saturated heterocycles. The van der Waals surface area contributed by atoms with Crippen LogP contribution in [0.15, 0.2) is 52.5 Å². The topological polar surface area (TPSA) is 84.0 Å². The number of hydrogen-bond acceptors (Lipinski definition) is 5. The quantitative estimate of drug-likeness (QED) is 0.863. The van der Waals surface area contributed by atoms with Crippen LogP contribution in [0.4, 0.5) is 5.69 Å². The van der Waals surface area contributed by atoms with E-state index in [9.17, 15) is 5.26 Å². The van der Waals surface area contributed by atoms with Gasteiger partial charge in [-0.2, -0.15) is 5.26 Å². The fraction of sp³-hybridized carbons (Fsp3) is 0.176. The molecule has 0 aliphatic carbocycles. The van der Waals surface area contributed by atoms with Gasteiger partial charge >= 0.3 is 0 Å². The molecule has 1 aromatic heterocycles. The van der Waals surface area contributed by atoms with Crippen LogP contribution >= 0.6 is 15.9 Å². The lowest BCUT2D eigenvalue weighted by atomic mass is 9.86. The van der Waals surface area contributed by atoms with Crippen LogP contribution in [0.5, 0.6) is 5.75 Å². The molecule has 0 spiro atoms. The molecule has 0 amide bonds. The summed E-state index contributed by atoms with van der Waals surface area (Å²) in [6, 6.07) is 11.8. The van der Waals surface area contributed by atoms with Crippen LogP contribution in [0.1, 0.15) is 24.1 Å². The number of anilines is 1. The number of aromatic nitrogens is 1. The van der Waals surface area contributed by atoms with Gasteiger partial charge in [0.25, 0.3) is 0 Å². The maximum absolute atomic E-state index is 9.49. The minimum absolute atomic E-state index is 0.128. The van der Waals surface area contributed by atoms with Crippen LogP contribution in [0.25, 0.3) is 0 Å². The third-order valence-electron chi connectivity index (χ3n) is 3.65. The van der Waals surface area contributed by atoms with Crippen LogP contribution in [0, 0.1) is 11.3 Å². The monoisotopic (exact) mass is 370 g/mol. The van der Waals surface area contributed by atoms with Crippen molar-refractivity contribution in [3.05, 3.63) is 63.7 Å². The second-order valence-corrected chi connectivity index (χ2v) is 6.02. The van der Waals surface area contributed by atoms with Crippen LogP contribution in [-0.2, 0) is 0 Å². The molecule has 116 valence electrons. The molecule has 2 heterocycles. The van der Waals surface area contributed by atoms with E-state index in [1.165, 1.54) is 0 Å². The summed E-state index contributed by atoms with van der Waals surface area (Å²) in [6.07, 6.45) is 1.71. The summed E-state index contributed by atoms with van der Waals surface area (Å²) < 4.78 is 6.54. The predicted molar refractivity (Wildman–Crippen MR) is 91.8 cm³/mol. The zero-order valence-corrected chi connectivity index (χ0v) is 14.1. The van der Waals surface area contributed by atoms with Crippen molar-refractivity contribution in [3.63, 3.8) is 0 Å². The molecule has 1 unspecified atom stereocenters. The van der Waals surface area contributed by atoms with Gasteiger partial charge in [0.15, 0.2) is 0 Å². The highest BCUT2D eigenvalue weighted by Crippen LogP contribution is 2.42. The van der Waals surface area contributed by atoms with Crippen molar-refractivity contribution in [2.75, 3.05) is 11.9 Å². The van der Waals surface area contributed by atoms with Crippen molar-refractivity contribution in [1.82, 2.24) is 4.98 Å². The average Bonchev–Trinajstić information content (AvgIpc) is 2.54. The molecule has 5 nitrogen and oxygen atoms in total. The van der Waals surface area contributed by atoms with Gasteiger partial charge in [-0.05, 0) is 41.1 Å². The maximum Gasteiger partial charge on any atom is 0.205 e. The van der Waals surface area contributed by atoms with E-state index in [0.29, 0.717) is 11.3 Å². The number of nitrogens with one attached hydrogen (secondary N) is 1. The second kappa shape index (κ2) is 6.31. The number of fused-ring (bicyclic) bond motifs is 1. The van der Waals surface area contributed by atoms with Crippen molar-refractivity contribution >= 4 is 21.6 Å². The minimum atomic E-state index is -0.326. The first-order valence-electron chi connectivity index (χ1n) is 7.21. The van der Waals surface area contributed by atoms with Crippen LogP contribution in [-0.4, -0.2) is 11.5 Å². The van der Waals surface area contributed by atoms with E-state index < -0.39 is 0 Å². The molecule has 2 aromatic rings. The van der Waals surface area contributed by atoms with E-state index in [0.717, 1.165) is 28.0 Å². The Labute approximate surface area is 142 Å². The molecule has 23 heavy (non-hydrogen) atoms. The van der Waals surface area contributed by atoms with Crippen molar-refractivity contribution in [2.45, 2.75) is 12.8 Å². The highest BCUT2D eigenvalue weighted by atomic mass is 79.9. The molecule has 3 N–H and O–H groups in total. The Morgan fingerprint density at radius 3 is 2.87 bits per heavy atom. The van der Waals surface area contributed by atoms with Crippen molar-refractivity contribution in [3.8, 4) is 11.8 Å². The average molecular weight is 371 g/mol. The molecule has 0 bridgehead atoms. The summed E-state index contributed by atoms with van der Waals surface area (Å²) in [5.41, 5.74) is 8.93. The largest absolute Gasteiger partial charge is 0.440 e. The molecular weight excluding hydrogens is 356 g/mol. The van der Waals surface area contributed by atoms with Crippen molar-refractivity contribution < 1.29 is 4.74 Å². The van der Waals surface area contributed by atoms with Gasteiger partial charge in [-0.3, -0.25) is 4.98 Å². The zero-order chi connectivity index (χ0) is 16.4. The first-order valence-corrected chi connectivity index (χ1v) is 8.00. The fourth-order valence-corrected chi connectivity index (χ4v) is 2.87. The summed E-state index contributed by atoms with van der Waals surface area (Å²) in [6.45, 7) is 2.84. The number of benzene rings is 1. The number of ether oxygens (including phenoxy) is 1. The zero-order valence-electron chi connectivity index (χ0n) is 12.5. The Hall–Kier alpha value is -2.52. The van der Waals surface area contributed by atoms with Crippen LogP contribution in [0.3, 0.4) is 0 Å². The standard InChI is InChI=1S/C17H15BrN4O/c1-2-21-11-4-5-12-15(7-11)23-17(20)13(8-19)16(12)14-6-3-10(18)9-22-14/h3-7,9,16,21H,2,20H2,1H3. The SMILES string of the molecule is CCNc1ccc2c(c1)OC(N)=C(C#N)C2c1ccc(Br)cn1. The minimum Gasteiger partial charge on any atom is -0.440 e. The summed E-state index contributed by atoms with van der Waals surface area (Å²) in [5.74, 6) is 0.450. The molecular formula is C17H15BrN4O. The van der Waals surface area contributed by atoms with Gasteiger partial charge in [0, 0.05) is 34.5 Å². The number of hydrogen-bond donors (Lipinski definition) is 2. The molecule has 0 fully saturated rings. The van der Waals surface area contributed by atoms with Gasteiger partial charge in [0.2, 0.25) is 5.88 Å². The maximum atomic E-state index is 9.49. The number of pyridine rings is 1. The summed E-state index contributed by atoms with van der Waals surface area (Å²) in [7, 11) is 0. The lowest BCUT2D eigenvalue weighted by Crippen LogP contribution is -2.21. The van der Waals surface area contributed by atoms with Gasteiger partial charge in [0.1, 0.15) is 17.4 Å².